The van der Waals surface area contributed by atoms with Gasteiger partial charge in [0.2, 0.25) is 0 Å². The Morgan fingerprint density at radius 1 is 1.27 bits per heavy atom. The number of hydrogen-bond donors (Lipinski definition) is 3. The lowest BCUT2D eigenvalue weighted by Crippen LogP contribution is -2.18. The fourth-order valence-electron chi connectivity index (χ4n) is 2.55. The van der Waals surface area contributed by atoms with E-state index in [2.05, 4.69) is 46.3 Å². The van der Waals surface area contributed by atoms with Crippen molar-refractivity contribution >= 4 is 28.3 Å². The average molecular weight is 354 g/mol. The average Bonchev–Trinajstić information content (AvgIpc) is 2.97. The molecule has 0 fully saturated rings. The first-order valence-electron chi connectivity index (χ1n) is 8.20. The van der Waals surface area contributed by atoms with Crippen molar-refractivity contribution < 1.29 is 9.53 Å². The zero-order chi connectivity index (χ0) is 18.9. The second kappa shape index (κ2) is 6.72. The van der Waals surface area contributed by atoms with Crippen LogP contribution in [0.2, 0.25) is 0 Å². The summed E-state index contributed by atoms with van der Waals surface area (Å²) in [5.74, 6) is 0.796. The second-order valence-electron chi connectivity index (χ2n) is 7.07. The number of anilines is 2. The molecule has 0 aliphatic carbocycles. The number of aromatic amines is 1. The van der Waals surface area contributed by atoms with E-state index in [0.717, 1.165) is 22.7 Å². The number of amides is 1. The minimum Gasteiger partial charge on any atom is -0.378 e. The van der Waals surface area contributed by atoms with Crippen LogP contribution in [0.3, 0.4) is 0 Å². The summed E-state index contributed by atoms with van der Waals surface area (Å²) in [6.45, 7) is 6.56. The highest BCUT2D eigenvalue weighted by Crippen LogP contribution is 2.25. The van der Waals surface area contributed by atoms with Gasteiger partial charge in [0.25, 0.3) is 5.91 Å². The van der Waals surface area contributed by atoms with E-state index < -0.39 is 5.91 Å². The van der Waals surface area contributed by atoms with E-state index in [9.17, 15) is 4.79 Å². The predicted molar refractivity (Wildman–Crippen MR) is 99.3 cm³/mol. The Labute approximate surface area is 151 Å². The summed E-state index contributed by atoms with van der Waals surface area (Å²) in [5, 5.41) is 10.7. The first-order chi connectivity index (χ1) is 12.3. The Balaban J connectivity index is 1.99. The number of fused-ring (bicyclic) bond motifs is 1. The van der Waals surface area contributed by atoms with E-state index in [1.54, 1.807) is 7.11 Å². The van der Waals surface area contributed by atoms with Crippen molar-refractivity contribution in [3.63, 3.8) is 0 Å². The molecule has 136 valence electrons. The summed E-state index contributed by atoms with van der Waals surface area (Å²) >= 11 is 0. The van der Waals surface area contributed by atoms with E-state index >= 15 is 0 Å². The maximum absolute atomic E-state index is 11.5. The topological polar surface area (TPSA) is 119 Å². The number of H-pyrrole nitrogens is 1. The zero-order valence-corrected chi connectivity index (χ0v) is 15.3. The van der Waals surface area contributed by atoms with Gasteiger partial charge < -0.3 is 15.8 Å². The fourth-order valence-corrected chi connectivity index (χ4v) is 2.55. The van der Waals surface area contributed by atoms with Gasteiger partial charge in [0.05, 0.1) is 17.8 Å². The molecule has 1 amide bonds. The Bertz CT molecular complexity index is 958. The third-order valence-electron chi connectivity index (χ3n) is 3.81. The third-order valence-corrected chi connectivity index (χ3v) is 3.81. The van der Waals surface area contributed by atoms with E-state index in [0.29, 0.717) is 17.8 Å². The van der Waals surface area contributed by atoms with E-state index in [1.807, 2.05) is 24.3 Å². The summed E-state index contributed by atoms with van der Waals surface area (Å²) in [5.41, 5.74) is 7.68. The lowest BCUT2D eigenvalue weighted by Gasteiger charge is -2.19. The number of nitrogens with zero attached hydrogens (tertiary/aromatic N) is 3. The Kier molecular flexibility index (Phi) is 4.60. The molecule has 3 aromatic rings. The number of aromatic nitrogens is 4. The lowest BCUT2D eigenvalue weighted by molar-refractivity contribution is 0.0997. The van der Waals surface area contributed by atoms with Crippen LogP contribution in [0.15, 0.2) is 24.3 Å². The lowest BCUT2D eigenvalue weighted by atomic mass is 9.95. The molecular weight excluding hydrogens is 332 g/mol. The standard InChI is InChI=1S/C18H22N6O2/c1-18(2,3)17-21-11(9-26-4)8-14(22-17)20-10-5-6-13-12(7-10)15(16(19)25)24-23-13/h5-8H,9H2,1-4H3,(H2,19,25)(H,23,24)(H,20,21,22). The van der Waals surface area contributed by atoms with Crippen LogP contribution in [0.25, 0.3) is 10.9 Å². The van der Waals surface area contributed by atoms with Gasteiger partial charge in [0, 0.05) is 29.7 Å². The first-order valence-corrected chi connectivity index (χ1v) is 8.20. The molecule has 2 aromatic heterocycles. The summed E-state index contributed by atoms with van der Waals surface area (Å²) < 4.78 is 5.21. The molecule has 0 radical (unpaired) electrons. The zero-order valence-electron chi connectivity index (χ0n) is 15.3. The van der Waals surface area contributed by atoms with Gasteiger partial charge in [-0.05, 0) is 18.2 Å². The van der Waals surface area contributed by atoms with Crippen molar-refractivity contribution in [2.24, 2.45) is 5.73 Å². The second-order valence-corrected chi connectivity index (χ2v) is 7.07. The maximum Gasteiger partial charge on any atom is 0.269 e. The highest BCUT2D eigenvalue weighted by atomic mass is 16.5. The van der Waals surface area contributed by atoms with Crippen LogP contribution in [0.1, 0.15) is 42.8 Å². The molecule has 0 bridgehead atoms. The molecule has 8 nitrogen and oxygen atoms in total. The first kappa shape index (κ1) is 17.8. The minimum atomic E-state index is -0.576. The van der Waals surface area contributed by atoms with E-state index in [-0.39, 0.29) is 11.1 Å². The smallest absolute Gasteiger partial charge is 0.269 e. The number of carbonyl (C=O) groups is 1. The Hall–Kier alpha value is -3.00. The van der Waals surface area contributed by atoms with Crippen molar-refractivity contribution in [3.05, 3.63) is 41.5 Å². The largest absolute Gasteiger partial charge is 0.378 e. The van der Waals surface area contributed by atoms with Gasteiger partial charge in [-0.15, -0.1) is 0 Å². The molecule has 1 aromatic carbocycles. The number of hydrogen-bond acceptors (Lipinski definition) is 6. The van der Waals surface area contributed by atoms with Crippen LogP contribution in [0.4, 0.5) is 11.5 Å². The van der Waals surface area contributed by atoms with Crippen LogP contribution in [0, 0.1) is 0 Å². The third kappa shape index (κ3) is 3.65. The molecule has 26 heavy (non-hydrogen) atoms. The number of ether oxygens (including phenoxy) is 1. The highest BCUT2D eigenvalue weighted by molar-refractivity contribution is 6.04. The van der Waals surface area contributed by atoms with Gasteiger partial charge in [-0.25, -0.2) is 9.97 Å². The van der Waals surface area contributed by atoms with Crippen LogP contribution in [-0.4, -0.2) is 33.2 Å². The molecule has 8 heteroatoms. The molecule has 2 heterocycles. The molecular formula is C18H22N6O2. The van der Waals surface area contributed by atoms with E-state index in [1.165, 1.54) is 0 Å². The molecule has 0 unspecified atom stereocenters. The Morgan fingerprint density at radius 2 is 2.04 bits per heavy atom. The molecule has 4 N–H and O–H groups in total. The minimum absolute atomic E-state index is 0.201. The molecule has 0 saturated heterocycles. The van der Waals surface area contributed by atoms with Crippen molar-refractivity contribution in [2.75, 3.05) is 12.4 Å². The molecule has 0 saturated carbocycles. The molecule has 0 aliphatic heterocycles. The van der Waals surface area contributed by atoms with Gasteiger partial charge in [-0.3, -0.25) is 9.89 Å². The summed E-state index contributed by atoms with van der Waals surface area (Å²) in [6, 6.07) is 7.36. The number of methoxy groups -OCH3 is 1. The van der Waals surface area contributed by atoms with Crippen LogP contribution in [0.5, 0.6) is 0 Å². The Morgan fingerprint density at radius 3 is 2.69 bits per heavy atom. The van der Waals surface area contributed by atoms with Gasteiger partial charge in [-0.2, -0.15) is 5.10 Å². The molecule has 3 rings (SSSR count). The van der Waals surface area contributed by atoms with Gasteiger partial charge in [-0.1, -0.05) is 20.8 Å². The van der Waals surface area contributed by atoms with Gasteiger partial charge in [0.1, 0.15) is 11.6 Å². The maximum atomic E-state index is 11.5. The monoisotopic (exact) mass is 354 g/mol. The SMILES string of the molecule is COCc1cc(Nc2ccc3[nH]nc(C(N)=O)c3c2)nc(C(C)(C)C)n1. The van der Waals surface area contributed by atoms with Gasteiger partial charge in [0.15, 0.2) is 5.69 Å². The van der Waals surface area contributed by atoms with Crippen LogP contribution in [-0.2, 0) is 16.8 Å². The van der Waals surface area contributed by atoms with Crippen molar-refractivity contribution in [3.8, 4) is 0 Å². The highest BCUT2D eigenvalue weighted by Gasteiger charge is 2.19. The molecule has 0 spiro atoms. The number of nitrogens with one attached hydrogen (secondary N) is 2. The van der Waals surface area contributed by atoms with Crippen LogP contribution >= 0.6 is 0 Å². The summed E-state index contributed by atoms with van der Waals surface area (Å²) in [4.78, 5) is 20.7. The molecule has 0 atom stereocenters. The molecule has 0 aliphatic rings. The number of primary amides is 1. The van der Waals surface area contributed by atoms with Crippen molar-refractivity contribution in [1.29, 1.82) is 0 Å². The fraction of sp³-hybridized carbons (Fsp3) is 0.333. The number of carbonyl (C=O) groups excluding carboxylic acids is 1. The summed E-state index contributed by atoms with van der Waals surface area (Å²) in [6.07, 6.45) is 0. The quantitative estimate of drug-likeness (QED) is 0.648. The predicted octanol–water partition coefficient (Wildman–Crippen LogP) is 2.64. The van der Waals surface area contributed by atoms with Crippen molar-refractivity contribution in [1.82, 2.24) is 20.2 Å². The van der Waals surface area contributed by atoms with Gasteiger partial charge >= 0.3 is 0 Å². The normalized spacial score (nSPS) is 11.7. The number of rotatable bonds is 5. The summed E-state index contributed by atoms with van der Waals surface area (Å²) in [7, 11) is 1.63. The van der Waals surface area contributed by atoms with Crippen molar-refractivity contribution in [2.45, 2.75) is 32.8 Å². The van der Waals surface area contributed by atoms with Crippen LogP contribution < -0.4 is 11.1 Å². The number of benzene rings is 1. The van der Waals surface area contributed by atoms with E-state index in [4.69, 9.17) is 10.5 Å². The number of nitrogens with two attached hydrogens (primary N) is 1.